The Kier molecular flexibility index (Phi) is 4.31. The van der Waals surface area contributed by atoms with Gasteiger partial charge in [0.25, 0.3) is 0 Å². The number of hydrogen-bond acceptors (Lipinski definition) is 4. The van der Waals surface area contributed by atoms with Gasteiger partial charge in [-0.1, -0.05) is 17.7 Å². The Hall–Kier alpha value is -2.73. The minimum absolute atomic E-state index is 0.137. The number of rotatable bonds is 2. The standard InChI is InChI=1S/C17H15ClN2O4/c1-9-5-10(2)15(12(18)6-9)20-17(22)16(21)19-11-3-4-13-14(7-11)24-8-23-13/h3-7H,8H2,1-2H3,(H,19,21)(H,20,22). The Bertz CT molecular complexity index is 812. The van der Waals surface area contributed by atoms with Gasteiger partial charge in [-0.25, -0.2) is 0 Å². The maximum absolute atomic E-state index is 12.1. The van der Waals surface area contributed by atoms with Crippen LogP contribution in [-0.4, -0.2) is 18.6 Å². The molecule has 3 rings (SSSR count). The van der Waals surface area contributed by atoms with E-state index in [1.807, 2.05) is 19.9 Å². The summed E-state index contributed by atoms with van der Waals surface area (Å²) in [6.07, 6.45) is 0. The van der Waals surface area contributed by atoms with Crippen LogP contribution in [0, 0.1) is 13.8 Å². The molecule has 2 N–H and O–H groups in total. The molecule has 1 aliphatic heterocycles. The Morgan fingerprint density at radius 1 is 1.00 bits per heavy atom. The van der Waals surface area contributed by atoms with Crippen molar-refractivity contribution in [2.45, 2.75) is 13.8 Å². The number of hydrogen-bond donors (Lipinski definition) is 2. The van der Waals surface area contributed by atoms with Gasteiger partial charge in [-0.15, -0.1) is 0 Å². The Balaban J connectivity index is 1.70. The molecule has 2 amide bonds. The van der Waals surface area contributed by atoms with E-state index in [4.69, 9.17) is 21.1 Å². The second kappa shape index (κ2) is 6.41. The van der Waals surface area contributed by atoms with Crippen molar-refractivity contribution >= 4 is 34.8 Å². The molecule has 1 aliphatic rings. The molecule has 1 heterocycles. The molecular formula is C17H15ClN2O4. The molecule has 0 bridgehead atoms. The lowest BCUT2D eigenvalue weighted by atomic mass is 10.1. The van der Waals surface area contributed by atoms with Crippen molar-refractivity contribution < 1.29 is 19.1 Å². The van der Waals surface area contributed by atoms with Crippen LogP contribution in [0.5, 0.6) is 11.5 Å². The first-order chi connectivity index (χ1) is 11.4. The first-order valence-corrected chi connectivity index (χ1v) is 7.60. The second-order valence-electron chi connectivity index (χ2n) is 5.41. The van der Waals surface area contributed by atoms with Gasteiger partial charge in [-0.3, -0.25) is 9.59 Å². The lowest BCUT2D eigenvalue weighted by Gasteiger charge is -2.11. The molecule has 0 saturated heterocycles. The third kappa shape index (κ3) is 3.28. The lowest BCUT2D eigenvalue weighted by molar-refractivity contribution is -0.133. The average Bonchev–Trinajstić information content (AvgIpc) is 2.98. The zero-order chi connectivity index (χ0) is 17.3. The highest BCUT2D eigenvalue weighted by atomic mass is 35.5. The first kappa shape index (κ1) is 16.1. The van der Waals surface area contributed by atoms with Crippen molar-refractivity contribution in [1.29, 1.82) is 0 Å². The number of ether oxygens (including phenoxy) is 2. The third-order valence-corrected chi connectivity index (χ3v) is 3.81. The predicted molar refractivity (Wildman–Crippen MR) is 90.8 cm³/mol. The first-order valence-electron chi connectivity index (χ1n) is 7.23. The van der Waals surface area contributed by atoms with Crippen LogP contribution in [-0.2, 0) is 9.59 Å². The molecule has 0 spiro atoms. The quantitative estimate of drug-likeness (QED) is 0.818. The molecule has 124 valence electrons. The molecule has 0 saturated carbocycles. The summed E-state index contributed by atoms with van der Waals surface area (Å²) < 4.78 is 10.4. The molecule has 0 atom stereocenters. The van der Waals surface area contributed by atoms with E-state index in [9.17, 15) is 9.59 Å². The Labute approximate surface area is 143 Å². The molecule has 24 heavy (non-hydrogen) atoms. The van der Waals surface area contributed by atoms with Gasteiger partial charge < -0.3 is 20.1 Å². The minimum Gasteiger partial charge on any atom is -0.454 e. The number of amides is 2. The van der Waals surface area contributed by atoms with Crippen molar-refractivity contribution in [3.63, 3.8) is 0 Å². The fourth-order valence-electron chi connectivity index (χ4n) is 2.41. The van der Waals surface area contributed by atoms with Crippen LogP contribution >= 0.6 is 11.6 Å². The van der Waals surface area contributed by atoms with Crippen LogP contribution in [0.15, 0.2) is 30.3 Å². The summed E-state index contributed by atoms with van der Waals surface area (Å²) in [7, 11) is 0. The van der Waals surface area contributed by atoms with Crippen molar-refractivity contribution in [1.82, 2.24) is 0 Å². The molecule has 2 aromatic rings. The van der Waals surface area contributed by atoms with E-state index >= 15 is 0 Å². The molecule has 0 radical (unpaired) electrons. The zero-order valence-corrected chi connectivity index (χ0v) is 13.9. The smallest absolute Gasteiger partial charge is 0.314 e. The molecule has 0 aliphatic carbocycles. The number of carbonyl (C=O) groups excluding carboxylic acids is 2. The summed E-state index contributed by atoms with van der Waals surface area (Å²) in [5.74, 6) is -0.489. The van der Waals surface area contributed by atoms with Gasteiger partial charge >= 0.3 is 11.8 Å². The van der Waals surface area contributed by atoms with Crippen molar-refractivity contribution in [3.05, 3.63) is 46.5 Å². The minimum atomic E-state index is -0.804. The number of nitrogens with one attached hydrogen (secondary N) is 2. The van der Waals surface area contributed by atoms with Gasteiger partial charge in [-0.05, 0) is 43.2 Å². The fourth-order valence-corrected chi connectivity index (χ4v) is 2.77. The van der Waals surface area contributed by atoms with E-state index in [0.717, 1.165) is 11.1 Å². The van der Waals surface area contributed by atoms with Gasteiger partial charge in [0.1, 0.15) is 0 Å². The number of benzene rings is 2. The number of anilines is 2. The average molecular weight is 347 g/mol. The highest BCUT2D eigenvalue weighted by molar-refractivity contribution is 6.45. The number of halogens is 1. The molecule has 0 fully saturated rings. The number of fused-ring (bicyclic) bond motifs is 1. The maximum atomic E-state index is 12.1. The molecule has 6 nitrogen and oxygen atoms in total. The summed E-state index contributed by atoms with van der Waals surface area (Å²) in [6, 6.07) is 8.48. The van der Waals surface area contributed by atoms with E-state index in [0.29, 0.717) is 27.9 Å². The van der Waals surface area contributed by atoms with Crippen LogP contribution in [0.4, 0.5) is 11.4 Å². The summed E-state index contributed by atoms with van der Waals surface area (Å²) in [5.41, 5.74) is 2.61. The van der Waals surface area contributed by atoms with Crippen LogP contribution in [0.2, 0.25) is 5.02 Å². The fraction of sp³-hybridized carbons (Fsp3) is 0.176. The van der Waals surface area contributed by atoms with Gasteiger partial charge in [0, 0.05) is 11.8 Å². The summed E-state index contributed by atoms with van der Waals surface area (Å²) >= 11 is 6.13. The summed E-state index contributed by atoms with van der Waals surface area (Å²) in [6.45, 7) is 3.85. The van der Waals surface area contributed by atoms with E-state index in [-0.39, 0.29) is 6.79 Å². The van der Waals surface area contributed by atoms with E-state index in [1.165, 1.54) is 0 Å². The van der Waals surface area contributed by atoms with Gasteiger partial charge in [0.05, 0.1) is 10.7 Å². The monoisotopic (exact) mass is 346 g/mol. The van der Waals surface area contributed by atoms with E-state index in [1.54, 1.807) is 24.3 Å². The van der Waals surface area contributed by atoms with Crippen LogP contribution in [0.1, 0.15) is 11.1 Å². The topological polar surface area (TPSA) is 76.7 Å². The summed E-state index contributed by atoms with van der Waals surface area (Å²) in [5, 5.41) is 5.44. The van der Waals surface area contributed by atoms with E-state index in [2.05, 4.69) is 10.6 Å². The zero-order valence-electron chi connectivity index (χ0n) is 13.1. The summed E-state index contributed by atoms with van der Waals surface area (Å²) in [4.78, 5) is 24.2. The molecular weight excluding hydrogens is 332 g/mol. The van der Waals surface area contributed by atoms with Crippen molar-refractivity contribution in [2.24, 2.45) is 0 Å². The number of aryl methyl sites for hydroxylation is 2. The van der Waals surface area contributed by atoms with E-state index < -0.39 is 11.8 Å². The molecule has 2 aromatic carbocycles. The van der Waals surface area contributed by atoms with Crippen LogP contribution in [0.3, 0.4) is 0 Å². The van der Waals surface area contributed by atoms with Gasteiger partial charge in [-0.2, -0.15) is 0 Å². The van der Waals surface area contributed by atoms with Crippen molar-refractivity contribution in [3.8, 4) is 11.5 Å². The molecule has 0 unspecified atom stereocenters. The molecule has 0 aromatic heterocycles. The van der Waals surface area contributed by atoms with Crippen molar-refractivity contribution in [2.75, 3.05) is 17.4 Å². The lowest BCUT2D eigenvalue weighted by Crippen LogP contribution is -2.29. The third-order valence-electron chi connectivity index (χ3n) is 3.51. The largest absolute Gasteiger partial charge is 0.454 e. The van der Waals surface area contributed by atoms with Crippen LogP contribution in [0.25, 0.3) is 0 Å². The van der Waals surface area contributed by atoms with Crippen LogP contribution < -0.4 is 20.1 Å². The maximum Gasteiger partial charge on any atom is 0.314 e. The second-order valence-corrected chi connectivity index (χ2v) is 5.82. The SMILES string of the molecule is Cc1cc(C)c(NC(=O)C(=O)Nc2ccc3c(c2)OCO3)c(Cl)c1. The normalized spacial score (nSPS) is 12.0. The molecule has 7 heteroatoms. The van der Waals surface area contributed by atoms with Gasteiger partial charge in [0.15, 0.2) is 11.5 Å². The Morgan fingerprint density at radius 3 is 2.46 bits per heavy atom. The highest BCUT2D eigenvalue weighted by Crippen LogP contribution is 2.34. The Morgan fingerprint density at radius 2 is 1.71 bits per heavy atom. The number of carbonyl (C=O) groups is 2. The highest BCUT2D eigenvalue weighted by Gasteiger charge is 2.19. The van der Waals surface area contributed by atoms with Gasteiger partial charge in [0.2, 0.25) is 6.79 Å². The predicted octanol–water partition coefficient (Wildman–Crippen LogP) is 3.26.